The van der Waals surface area contributed by atoms with Gasteiger partial charge in [-0.25, -0.2) is 0 Å². The number of benzene rings is 1. The molecule has 0 spiro atoms. The first-order valence-electron chi connectivity index (χ1n) is 6.52. The Morgan fingerprint density at radius 3 is 2.94 bits per heavy atom. The Hall–Kier alpha value is -0.580. The molecule has 3 nitrogen and oxygen atoms in total. The first kappa shape index (κ1) is 13.8. The number of rotatable bonds is 4. The highest BCUT2D eigenvalue weighted by atomic mass is 79.9. The zero-order valence-electron chi connectivity index (χ0n) is 10.4. The highest BCUT2D eigenvalue weighted by molar-refractivity contribution is 9.10. The molecule has 0 aromatic heterocycles. The van der Waals surface area contributed by atoms with Crippen molar-refractivity contribution in [2.24, 2.45) is 5.92 Å². The van der Waals surface area contributed by atoms with Gasteiger partial charge in [-0.1, -0.05) is 18.6 Å². The first-order chi connectivity index (χ1) is 8.66. The zero-order chi connectivity index (χ0) is 13.0. The SMILES string of the molecule is Oc1c(Br)cccc1CNCC1CCCC(O)C1. The molecule has 0 amide bonds. The molecule has 3 N–H and O–H groups in total. The van der Waals surface area contributed by atoms with Gasteiger partial charge in [0, 0.05) is 12.1 Å². The molecule has 2 unspecified atom stereocenters. The lowest BCUT2D eigenvalue weighted by Crippen LogP contribution is -2.28. The van der Waals surface area contributed by atoms with Gasteiger partial charge >= 0.3 is 0 Å². The molecule has 2 atom stereocenters. The maximum Gasteiger partial charge on any atom is 0.134 e. The Morgan fingerprint density at radius 2 is 2.17 bits per heavy atom. The van der Waals surface area contributed by atoms with Gasteiger partial charge in [0.15, 0.2) is 0 Å². The summed E-state index contributed by atoms with van der Waals surface area (Å²) in [5, 5.41) is 22.8. The summed E-state index contributed by atoms with van der Waals surface area (Å²) in [6, 6.07) is 5.67. The Labute approximate surface area is 116 Å². The number of halogens is 1. The summed E-state index contributed by atoms with van der Waals surface area (Å²) in [6.07, 6.45) is 4.04. The van der Waals surface area contributed by atoms with E-state index in [0.717, 1.165) is 35.8 Å². The van der Waals surface area contributed by atoms with Gasteiger partial charge < -0.3 is 15.5 Å². The molecular formula is C14H20BrNO2. The molecule has 0 bridgehead atoms. The van der Waals surface area contributed by atoms with E-state index >= 15 is 0 Å². The lowest BCUT2D eigenvalue weighted by molar-refractivity contribution is 0.101. The number of aliphatic hydroxyl groups excluding tert-OH is 1. The quantitative estimate of drug-likeness (QED) is 0.801. The van der Waals surface area contributed by atoms with E-state index in [1.165, 1.54) is 6.42 Å². The number of hydrogen-bond acceptors (Lipinski definition) is 3. The number of hydrogen-bond donors (Lipinski definition) is 3. The van der Waals surface area contributed by atoms with E-state index in [1.54, 1.807) is 0 Å². The lowest BCUT2D eigenvalue weighted by atomic mass is 9.87. The van der Waals surface area contributed by atoms with E-state index in [0.29, 0.717) is 18.2 Å². The molecule has 0 radical (unpaired) electrons. The topological polar surface area (TPSA) is 52.5 Å². The predicted molar refractivity (Wildman–Crippen MR) is 75.5 cm³/mol. The maximum atomic E-state index is 9.85. The van der Waals surface area contributed by atoms with Crippen molar-refractivity contribution in [2.45, 2.75) is 38.3 Å². The van der Waals surface area contributed by atoms with Crippen molar-refractivity contribution in [3.8, 4) is 5.75 Å². The van der Waals surface area contributed by atoms with Crippen molar-refractivity contribution in [2.75, 3.05) is 6.54 Å². The van der Waals surface area contributed by atoms with Crippen LogP contribution in [0.2, 0.25) is 0 Å². The van der Waals surface area contributed by atoms with Crippen LogP contribution < -0.4 is 5.32 Å². The van der Waals surface area contributed by atoms with Gasteiger partial charge in [0.25, 0.3) is 0 Å². The summed E-state index contributed by atoms with van der Waals surface area (Å²) in [5.41, 5.74) is 0.903. The number of aliphatic hydroxyl groups is 1. The molecular weight excluding hydrogens is 294 g/mol. The van der Waals surface area contributed by atoms with Gasteiger partial charge in [-0.2, -0.15) is 0 Å². The van der Waals surface area contributed by atoms with Crippen LogP contribution in [0.25, 0.3) is 0 Å². The standard InChI is InChI=1S/C14H20BrNO2/c15-13-6-2-4-11(14(13)18)9-16-8-10-3-1-5-12(17)7-10/h2,4,6,10,12,16-18H,1,3,5,7-9H2. The summed E-state index contributed by atoms with van der Waals surface area (Å²) in [6.45, 7) is 1.57. The van der Waals surface area contributed by atoms with Crippen LogP contribution in [0, 0.1) is 5.92 Å². The smallest absolute Gasteiger partial charge is 0.134 e. The van der Waals surface area contributed by atoms with Crippen molar-refractivity contribution in [3.05, 3.63) is 28.2 Å². The minimum absolute atomic E-state index is 0.121. The van der Waals surface area contributed by atoms with Crippen LogP contribution in [0.5, 0.6) is 5.75 Å². The molecule has 2 rings (SSSR count). The van der Waals surface area contributed by atoms with Gasteiger partial charge in [0.1, 0.15) is 5.75 Å². The number of phenols is 1. The van der Waals surface area contributed by atoms with Gasteiger partial charge in [0.05, 0.1) is 10.6 Å². The van der Waals surface area contributed by atoms with E-state index in [-0.39, 0.29) is 6.10 Å². The van der Waals surface area contributed by atoms with Crippen molar-refractivity contribution < 1.29 is 10.2 Å². The Bertz CT molecular complexity index is 397. The number of aromatic hydroxyl groups is 1. The second kappa shape index (κ2) is 6.55. The zero-order valence-corrected chi connectivity index (χ0v) is 12.0. The Kier molecular flexibility index (Phi) is 5.03. The molecule has 1 saturated carbocycles. The average molecular weight is 314 g/mol. The Balaban J connectivity index is 1.79. The fourth-order valence-corrected chi connectivity index (χ4v) is 2.97. The molecule has 4 heteroatoms. The minimum atomic E-state index is -0.121. The largest absolute Gasteiger partial charge is 0.506 e. The lowest BCUT2D eigenvalue weighted by Gasteiger charge is -2.26. The van der Waals surface area contributed by atoms with Gasteiger partial charge in [-0.3, -0.25) is 0 Å². The van der Waals surface area contributed by atoms with Crippen LogP contribution in [-0.4, -0.2) is 22.9 Å². The van der Waals surface area contributed by atoms with Crippen LogP contribution in [0.1, 0.15) is 31.2 Å². The molecule has 1 aliphatic carbocycles. The van der Waals surface area contributed by atoms with Crippen LogP contribution in [-0.2, 0) is 6.54 Å². The highest BCUT2D eigenvalue weighted by Crippen LogP contribution is 2.27. The van der Waals surface area contributed by atoms with Crippen molar-refractivity contribution in [1.29, 1.82) is 0 Å². The number of phenolic OH excluding ortho intramolecular Hbond substituents is 1. The van der Waals surface area contributed by atoms with Crippen LogP contribution >= 0.6 is 15.9 Å². The molecule has 18 heavy (non-hydrogen) atoms. The van der Waals surface area contributed by atoms with E-state index < -0.39 is 0 Å². The molecule has 100 valence electrons. The third kappa shape index (κ3) is 3.70. The van der Waals surface area contributed by atoms with E-state index in [9.17, 15) is 10.2 Å². The van der Waals surface area contributed by atoms with Gasteiger partial charge in [0.2, 0.25) is 0 Å². The highest BCUT2D eigenvalue weighted by Gasteiger charge is 2.19. The van der Waals surface area contributed by atoms with Gasteiger partial charge in [-0.15, -0.1) is 0 Å². The van der Waals surface area contributed by atoms with Crippen molar-refractivity contribution in [1.82, 2.24) is 5.32 Å². The minimum Gasteiger partial charge on any atom is -0.506 e. The average Bonchev–Trinajstić information content (AvgIpc) is 2.35. The van der Waals surface area contributed by atoms with E-state index in [2.05, 4.69) is 21.2 Å². The fourth-order valence-electron chi connectivity index (χ4n) is 2.56. The van der Waals surface area contributed by atoms with Crippen molar-refractivity contribution >= 4 is 15.9 Å². The van der Waals surface area contributed by atoms with Gasteiger partial charge in [-0.05, 0) is 53.7 Å². The second-order valence-electron chi connectivity index (χ2n) is 5.06. The molecule has 0 saturated heterocycles. The first-order valence-corrected chi connectivity index (χ1v) is 7.31. The summed E-state index contributed by atoms with van der Waals surface area (Å²) in [5.74, 6) is 0.872. The van der Waals surface area contributed by atoms with Crippen LogP contribution in [0.3, 0.4) is 0 Å². The Morgan fingerprint density at radius 1 is 1.33 bits per heavy atom. The van der Waals surface area contributed by atoms with E-state index in [4.69, 9.17) is 0 Å². The second-order valence-corrected chi connectivity index (χ2v) is 5.92. The summed E-state index contributed by atoms with van der Waals surface area (Å²) < 4.78 is 0.731. The molecule has 0 heterocycles. The van der Waals surface area contributed by atoms with Crippen molar-refractivity contribution in [3.63, 3.8) is 0 Å². The predicted octanol–water partition coefficient (Wildman–Crippen LogP) is 2.80. The number of para-hydroxylation sites is 1. The summed E-state index contributed by atoms with van der Waals surface area (Å²) in [4.78, 5) is 0. The molecule has 1 aromatic rings. The fraction of sp³-hybridized carbons (Fsp3) is 0.571. The summed E-state index contributed by atoms with van der Waals surface area (Å²) in [7, 11) is 0. The summed E-state index contributed by atoms with van der Waals surface area (Å²) >= 11 is 3.31. The maximum absolute atomic E-state index is 9.85. The molecule has 1 aromatic carbocycles. The monoisotopic (exact) mass is 313 g/mol. The van der Waals surface area contributed by atoms with Crippen LogP contribution in [0.4, 0.5) is 0 Å². The molecule has 1 aliphatic rings. The third-order valence-electron chi connectivity index (χ3n) is 3.57. The third-order valence-corrected chi connectivity index (χ3v) is 4.21. The number of nitrogens with one attached hydrogen (secondary N) is 1. The molecule has 1 fully saturated rings. The molecule has 0 aliphatic heterocycles. The normalized spacial score (nSPS) is 24.1. The van der Waals surface area contributed by atoms with Crippen LogP contribution in [0.15, 0.2) is 22.7 Å². The van der Waals surface area contributed by atoms with E-state index in [1.807, 2.05) is 18.2 Å².